The van der Waals surface area contributed by atoms with E-state index >= 15 is 0 Å². The van der Waals surface area contributed by atoms with Crippen LogP contribution in [0.1, 0.15) is 0 Å². The first kappa shape index (κ1) is 8.91. The van der Waals surface area contributed by atoms with E-state index in [1.807, 2.05) is 12.1 Å². The number of fused-ring (bicyclic) bond motifs is 3. The van der Waals surface area contributed by atoms with E-state index in [1.54, 1.807) is 18.2 Å². The molecule has 0 saturated carbocycles. The molecular weight excluding hydrogens is 204 g/mol. The van der Waals surface area contributed by atoms with Crippen LogP contribution in [0.25, 0.3) is 21.7 Å². The van der Waals surface area contributed by atoms with E-state index < -0.39 is 0 Å². The van der Waals surface area contributed by atoms with E-state index in [-0.39, 0.29) is 0 Å². The van der Waals surface area contributed by atoms with Crippen molar-refractivity contribution >= 4 is 21.7 Å². The summed E-state index contributed by atoms with van der Waals surface area (Å²) in [7, 11) is 0. The highest BCUT2D eigenvalue weighted by Crippen LogP contribution is 2.23. The van der Waals surface area contributed by atoms with Gasteiger partial charge in [0.15, 0.2) is 0 Å². The third-order valence-electron chi connectivity index (χ3n) is 2.68. The van der Waals surface area contributed by atoms with Crippen molar-refractivity contribution in [2.75, 3.05) is 0 Å². The molecule has 0 N–H and O–H groups in total. The maximum absolute atomic E-state index is 11.5. The Hall–Kier alpha value is -2.36. The number of aromatic nitrogens is 2. The first-order valence-electron chi connectivity index (χ1n) is 4.89. The summed E-state index contributed by atoms with van der Waals surface area (Å²) in [6, 6.07) is 8.86. The van der Waals surface area contributed by atoms with Crippen LogP contribution in [0, 0.1) is 10.1 Å². The van der Waals surface area contributed by atoms with Crippen LogP contribution in [0.4, 0.5) is 0 Å². The fourth-order valence-corrected chi connectivity index (χ4v) is 1.92. The summed E-state index contributed by atoms with van der Waals surface area (Å²) in [6.45, 7) is 0. The standard InChI is InChI=1S/C12H8N2O2/c15-13-7-5-9-3-4-12-10(11(9)8-13)2-1-6-14(12)16/h1-8H. The normalized spacial score (nSPS) is 11.0. The molecule has 2 aromatic heterocycles. The Morgan fingerprint density at radius 3 is 2.88 bits per heavy atom. The van der Waals surface area contributed by atoms with E-state index in [1.165, 1.54) is 18.6 Å². The van der Waals surface area contributed by atoms with Crippen molar-refractivity contribution in [3.63, 3.8) is 0 Å². The molecule has 0 radical (unpaired) electrons. The molecule has 0 aliphatic rings. The van der Waals surface area contributed by atoms with Gasteiger partial charge >= 0.3 is 0 Å². The van der Waals surface area contributed by atoms with Crippen molar-refractivity contribution in [2.24, 2.45) is 0 Å². The summed E-state index contributed by atoms with van der Waals surface area (Å²) in [4.78, 5) is 11.2. The van der Waals surface area contributed by atoms with Crippen LogP contribution in [0.2, 0.25) is 0 Å². The summed E-state index contributed by atoms with van der Waals surface area (Å²) >= 11 is 0. The van der Waals surface area contributed by atoms with Crippen LogP contribution in [0.5, 0.6) is 0 Å². The van der Waals surface area contributed by atoms with Crippen molar-refractivity contribution in [1.82, 2.24) is 4.73 Å². The first-order chi connectivity index (χ1) is 7.75. The van der Waals surface area contributed by atoms with E-state index in [4.69, 9.17) is 0 Å². The molecule has 0 saturated heterocycles. The molecule has 0 aliphatic heterocycles. The van der Waals surface area contributed by atoms with Gasteiger partial charge in [0.05, 0.1) is 9.81 Å². The van der Waals surface area contributed by atoms with Crippen molar-refractivity contribution in [1.29, 1.82) is 0 Å². The van der Waals surface area contributed by atoms with Gasteiger partial charge in [0.25, 0.3) is 0 Å². The summed E-state index contributed by atoms with van der Waals surface area (Å²) in [5.74, 6) is 0. The minimum atomic E-state index is 0.571. The van der Waals surface area contributed by atoms with Gasteiger partial charge in [-0.25, -0.2) is 0 Å². The highest BCUT2D eigenvalue weighted by molar-refractivity contribution is 6.05. The Bertz CT molecular complexity index is 747. The average Bonchev–Trinajstić information content (AvgIpc) is 2.29. The Labute approximate surface area is 90.5 Å². The summed E-state index contributed by atoms with van der Waals surface area (Å²) in [6.07, 6.45) is 4.38. The van der Waals surface area contributed by atoms with Crippen molar-refractivity contribution < 1.29 is 4.43 Å². The SMILES string of the molecule is O=[n+]1ccc2ccc3c(cccn3[O-])c2c1. The fraction of sp³-hybridized carbons (Fsp3) is 0. The minimum absolute atomic E-state index is 0.571. The highest BCUT2D eigenvalue weighted by atomic mass is 16.5. The molecule has 2 heterocycles. The number of hydrogen-bond acceptors (Lipinski definition) is 2. The lowest BCUT2D eigenvalue weighted by molar-refractivity contribution is -0.492. The molecule has 16 heavy (non-hydrogen) atoms. The van der Waals surface area contributed by atoms with E-state index in [0.717, 1.165) is 25.3 Å². The van der Waals surface area contributed by atoms with Crippen LogP contribution in [0.3, 0.4) is 0 Å². The maximum atomic E-state index is 11.5. The molecule has 0 atom stereocenters. The lowest BCUT2D eigenvalue weighted by atomic mass is 10.1. The van der Waals surface area contributed by atoms with Crippen LogP contribution >= 0.6 is 0 Å². The van der Waals surface area contributed by atoms with Crippen molar-refractivity contribution in [3.05, 3.63) is 59.0 Å². The third kappa shape index (κ3) is 1.16. The predicted molar refractivity (Wildman–Crippen MR) is 61.6 cm³/mol. The lowest BCUT2D eigenvalue weighted by Crippen LogP contribution is -2.10. The molecule has 3 rings (SSSR count). The molecular formula is C12H8N2O2. The maximum Gasteiger partial charge on any atom is 0.236 e. The number of nitrogens with zero attached hydrogens (tertiary/aromatic N) is 2. The van der Waals surface area contributed by atoms with Gasteiger partial charge in [-0.2, -0.15) is 0 Å². The monoisotopic (exact) mass is 212 g/mol. The second kappa shape index (κ2) is 3.06. The number of pyridine rings is 2. The molecule has 4 nitrogen and oxygen atoms in total. The summed E-state index contributed by atoms with van der Waals surface area (Å²) in [5.41, 5.74) is 0.571. The minimum Gasteiger partial charge on any atom is -0.806 e. The van der Waals surface area contributed by atoms with E-state index in [9.17, 15) is 10.1 Å². The Kier molecular flexibility index (Phi) is 1.71. The van der Waals surface area contributed by atoms with Crippen LogP contribution < -0.4 is 4.43 Å². The number of hydrogen-bond donors (Lipinski definition) is 0. The van der Waals surface area contributed by atoms with Gasteiger partial charge in [-0.15, -0.1) is 0 Å². The largest absolute Gasteiger partial charge is 0.806 e. The van der Waals surface area contributed by atoms with Crippen LogP contribution in [-0.2, 0) is 0 Å². The van der Waals surface area contributed by atoms with Gasteiger partial charge in [0.1, 0.15) is 0 Å². The molecule has 1 aromatic carbocycles. The zero-order valence-electron chi connectivity index (χ0n) is 8.33. The molecule has 4 heteroatoms. The molecule has 0 bridgehead atoms. The summed E-state index contributed by atoms with van der Waals surface area (Å²) in [5, 5.41) is 14.1. The smallest absolute Gasteiger partial charge is 0.236 e. The van der Waals surface area contributed by atoms with Gasteiger partial charge in [-0.1, -0.05) is 12.1 Å². The molecule has 78 valence electrons. The van der Waals surface area contributed by atoms with Crippen molar-refractivity contribution in [3.8, 4) is 0 Å². The van der Waals surface area contributed by atoms with Crippen molar-refractivity contribution in [2.45, 2.75) is 0 Å². The third-order valence-corrected chi connectivity index (χ3v) is 2.68. The lowest BCUT2D eigenvalue weighted by Gasteiger charge is -2.14. The van der Waals surface area contributed by atoms with Crippen LogP contribution in [-0.4, -0.2) is 4.73 Å². The topological polar surface area (TPSA) is 51.0 Å². The molecule has 3 aromatic rings. The number of rotatable bonds is 0. The van der Waals surface area contributed by atoms with Gasteiger partial charge in [0.2, 0.25) is 12.4 Å². The van der Waals surface area contributed by atoms with Crippen LogP contribution in [0.15, 0.2) is 48.9 Å². The fourth-order valence-electron chi connectivity index (χ4n) is 1.92. The summed E-state index contributed by atoms with van der Waals surface area (Å²) < 4.78 is 1.54. The molecule has 0 aliphatic carbocycles. The predicted octanol–water partition coefficient (Wildman–Crippen LogP) is 2.05. The Balaban J connectivity index is 2.63. The highest BCUT2D eigenvalue weighted by Gasteiger charge is 2.04. The Morgan fingerprint density at radius 1 is 1.12 bits per heavy atom. The quantitative estimate of drug-likeness (QED) is 0.423. The van der Waals surface area contributed by atoms with Gasteiger partial charge in [0, 0.05) is 21.9 Å². The second-order valence-electron chi connectivity index (χ2n) is 3.64. The molecule has 0 unspecified atom stereocenters. The molecule has 0 fully saturated rings. The van der Waals surface area contributed by atoms with Gasteiger partial charge in [-0.3, -0.25) is 0 Å². The van der Waals surface area contributed by atoms with Gasteiger partial charge in [-0.05, 0) is 23.7 Å². The zero-order valence-corrected chi connectivity index (χ0v) is 8.33. The van der Waals surface area contributed by atoms with Gasteiger partial charge < -0.3 is 9.94 Å². The zero-order chi connectivity index (χ0) is 11.1. The Morgan fingerprint density at radius 2 is 2.00 bits per heavy atom. The average molecular weight is 212 g/mol. The molecule has 0 spiro atoms. The van der Waals surface area contributed by atoms with E-state index in [2.05, 4.69) is 0 Å². The van der Waals surface area contributed by atoms with E-state index in [0.29, 0.717) is 5.52 Å². The second-order valence-corrected chi connectivity index (χ2v) is 3.64. The number of benzene rings is 1. The molecule has 0 amide bonds. The first-order valence-corrected chi connectivity index (χ1v) is 4.89.